The van der Waals surface area contributed by atoms with Gasteiger partial charge in [0.1, 0.15) is 18.7 Å². The molecule has 2 unspecified atom stereocenters. The summed E-state index contributed by atoms with van der Waals surface area (Å²) in [5.74, 6) is -0.941. The second-order valence-electron chi connectivity index (χ2n) is 14.0. The zero-order valence-electron chi connectivity index (χ0n) is 30.9. The molecule has 0 aliphatic rings. The highest BCUT2D eigenvalue weighted by atomic mass is 28.4. The Bertz CT molecular complexity index is 1660. The van der Waals surface area contributed by atoms with E-state index in [2.05, 4.69) is 64.3 Å². The average Bonchev–Trinajstić information content (AvgIpc) is 3.16. The van der Waals surface area contributed by atoms with Gasteiger partial charge in [0.15, 0.2) is 0 Å². The van der Waals surface area contributed by atoms with Crippen molar-refractivity contribution in [2.45, 2.75) is 102 Å². The van der Waals surface area contributed by atoms with Crippen LogP contribution in [0, 0.1) is 0 Å². The Kier molecular flexibility index (Phi) is 14.2. The van der Waals surface area contributed by atoms with Gasteiger partial charge in [-0.2, -0.15) is 0 Å². The number of carbonyl (C=O) groups excluding carboxylic acids is 3. The highest BCUT2D eigenvalue weighted by molar-refractivity contribution is 6.80. The molecule has 270 valence electrons. The topological polar surface area (TPSA) is 93.7 Å². The third-order valence-electron chi connectivity index (χ3n) is 10.4. The summed E-state index contributed by atoms with van der Waals surface area (Å²) in [5.41, 5.74) is 3.97. The summed E-state index contributed by atoms with van der Waals surface area (Å²) in [7, 11) is -3.01. The summed E-state index contributed by atoms with van der Waals surface area (Å²) < 4.78 is 12.5. The van der Waals surface area contributed by atoms with Crippen molar-refractivity contribution in [2.24, 2.45) is 0 Å². The summed E-state index contributed by atoms with van der Waals surface area (Å²) in [6.07, 6.45) is 1.43. The largest absolute Gasteiger partial charge is 0.516 e. The molecule has 4 aromatic carbocycles. The third kappa shape index (κ3) is 9.97. The molecule has 2 N–H and O–H groups in total. The summed E-state index contributed by atoms with van der Waals surface area (Å²) >= 11 is 0. The smallest absolute Gasteiger partial charge is 0.408 e. The van der Waals surface area contributed by atoms with Crippen molar-refractivity contribution in [1.82, 2.24) is 10.6 Å². The van der Waals surface area contributed by atoms with Crippen molar-refractivity contribution in [3.63, 3.8) is 0 Å². The van der Waals surface area contributed by atoms with Gasteiger partial charge in [-0.15, -0.1) is 0 Å². The van der Waals surface area contributed by atoms with Crippen molar-refractivity contribution in [3.05, 3.63) is 144 Å². The van der Waals surface area contributed by atoms with Crippen LogP contribution in [0.15, 0.2) is 121 Å². The van der Waals surface area contributed by atoms with E-state index in [9.17, 15) is 14.4 Å². The van der Waals surface area contributed by atoms with Gasteiger partial charge >= 0.3 is 12.1 Å². The van der Waals surface area contributed by atoms with Gasteiger partial charge in [0.2, 0.25) is 5.91 Å². The van der Waals surface area contributed by atoms with Crippen molar-refractivity contribution in [1.29, 1.82) is 0 Å². The number of alkyl carbamates (subject to hydrolysis) is 1. The molecule has 0 aliphatic heterocycles. The molecule has 4 rings (SSSR count). The van der Waals surface area contributed by atoms with Crippen molar-refractivity contribution < 1.29 is 23.5 Å². The maximum Gasteiger partial charge on any atom is 0.408 e. The van der Waals surface area contributed by atoms with E-state index in [0.29, 0.717) is 0 Å². The van der Waals surface area contributed by atoms with Gasteiger partial charge in [-0.25, -0.2) is 4.79 Å². The van der Waals surface area contributed by atoms with E-state index < -0.39 is 43.4 Å². The lowest BCUT2D eigenvalue weighted by Crippen LogP contribution is -2.63. The highest BCUT2D eigenvalue weighted by Crippen LogP contribution is 2.50. The van der Waals surface area contributed by atoms with Crippen LogP contribution in [0.3, 0.4) is 0 Å². The van der Waals surface area contributed by atoms with Gasteiger partial charge in [-0.05, 0) is 33.3 Å². The van der Waals surface area contributed by atoms with E-state index in [0.717, 1.165) is 35.1 Å². The quantitative estimate of drug-likeness (QED) is 0.107. The van der Waals surface area contributed by atoms with Crippen LogP contribution in [0.2, 0.25) is 11.1 Å². The molecule has 4 atom stereocenters. The number of benzene rings is 4. The van der Waals surface area contributed by atoms with Gasteiger partial charge in [0, 0.05) is 17.9 Å². The lowest BCUT2D eigenvalue weighted by molar-refractivity contribution is -0.141. The summed E-state index contributed by atoms with van der Waals surface area (Å²) in [6.45, 7) is 13.2. The fraction of sp³-hybridized carbons (Fsp3) is 0.372. The Hall–Kier alpha value is -4.69. The van der Waals surface area contributed by atoms with E-state index in [1.54, 1.807) is 0 Å². The molecule has 7 nitrogen and oxygen atoms in total. The lowest BCUT2D eigenvalue weighted by atomic mass is 10.0. The maximum absolute atomic E-state index is 14.8. The molecule has 0 saturated carbocycles. The highest BCUT2D eigenvalue weighted by Gasteiger charge is 2.59. The third-order valence-corrected chi connectivity index (χ3v) is 16.9. The molecule has 0 aromatic heterocycles. The number of nitrogens with one attached hydrogen (secondary N) is 2. The van der Waals surface area contributed by atoms with Crippen LogP contribution < -0.4 is 10.6 Å². The molecule has 8 heteroatoms. The van der Waals surface area contributed by atoms with E-state index in [-0.39, 0.29) is 30.5 Å². The van der Waals surface area contributed by atoms with Crippen molar-refractivity contribution in [2.75, 3.05) is 0 Å². The predicted octanol–water partition coefficient (Wildman–Crippen LogP) is 8.86. The number of ether oxygens (including phenoxy) is 1. The summed E-state index contributed by atoms with van der Waals surface area (Å²) in [6, 6.07) is 36.8. The average molecular weight is 707 g/mol. The summed E-state index contributed by atoms with van der Waals surface area (Å²) in [4.78, 5) is 42.1. The van der Waals surface area contributed by atoms with Crippen molar-refractivity contribution in [3.8, 4) is 0 Å². The number of hydrogen-bond acceptors (Lipinski definition) is 5. The Morgan fingerprint density at radius 1 is 0.627 bits per heavy atom. The lowest BCUT2D eigenvalue weighted by Gasteiger charge is -2.51. The first-order valence-corrected chi connectivity index (χ1v) is 20.2. The van der Waals surface area contributed by atoms with Gasteiger partial charge in [-0.1, -0.05) is 176 Å². The molecule has 51 heavy (non-hydrogen) atoms. The first-order chi connectivity index (χ1) is 24.5. The van der Waals surface area contributed by atoms with E-state index in [1.807, 2.05) is 109 Å². The van der Waals surface area contributed by atoms with Crippen LogP contribution >= 0.6 is 0 Å². The van der Waals surface area contributed by atoms with Crippen LogP contribution in [0.1, 0.15) is 76.6 Å². The number of hydrogen-bond donors (Lipinski definition) is 2. The molecule has 0 bridgehead atoms. The Morgan fingerprint density at radius 3 is 1.53 bits per heavy atom. The zero-order valence-corrected chi connectivity index (χ0v) is 31.9. The Balaban J connectivity index is 1.68. The first-order valence-electron chi connectivity index (χ1n) is 18.2. The van der Waals surface area contributed by atoms with Crippen LogP contribution in [0.4, 0.5) is 4.79 Å². The summed E-state index contributed by atoms with van der Waals surface area (Å²) in [5, 5.41) is 5.37. The number of rotatable bonds is 17. The van der Waals surface area contributed by atoms with Crippen LogP contribution in [-0.4, -0.2) is 38.4 Å². The zero-order chi connectivity index (χ0) is 36.9. The first kappa shape index (κ1) is 39.1. The molecular weight excluding hydrogens is 653 g/mol. The van der Waals surface area contributed by atoms with Gasteiger partial charge in [0.25, 0.3) is 8.32 Å². The molecule has 0 radical (unpaired) electrons. The fourth-order valence-electron chi connectivity index (χ4n) is 7.25. The second kappa shape index (κ2) is 18.5. The minimum atomic E-state index is -3.01. The molecule has 0 spiro atoms. The van der Waals surface area contributed by atoms with E-state index in [4.69, 9.17) is 9.16 Å². The fourth-order valence-corrected chi connectivity index (χ4v) is 13.7. The molecule has 0 saturated heterocycles. The molecule has 0 aliphatic carbocycles. The maximum atomic E-state index is 14.8. The van der Waals surface area contributed by atoms with Gasteiger partial charge in [0.05, 0.1) is 0 Å². The molecule has 2 amide bonds. The minimum absolute atomic E-state index is 0.0600. The van der Waals surface area contributed by atoms with Crippen LogP contribution in [-0.2, 0) is 43.2 Å². The van der Waals surface area contributed by atoms with Crippen LogP contribution in [0.25, 0.3) is 0 Å². The minimum Gasteiger partial charge on any atom is -0.516 e. The molecule has 0 fully saturated rings. The second-order valence-corrected chi connectivity index (χ2v) is 19.0. The number of amides is 2. The van der Waals surface area contributed by atoms with Gasteiger partial charge in [-0.3, -0.25) is 9.59 Å². The van der Waals surface area contributed by atoms with Crippen molar-refractivity contribution >= 4 is 26.3 Å². The van der Waals surface area contributed by atoms with E-state index >= 15 is 0 Å². The normalized spacial score (nSPS) is 14.9. The molecule has 0 heterocycles. The monoisotopic (exact) mass is 706 g/mol. The number of carbonyl (C=O) groups is 3. The van der Waals surface area contributed by atoms with Crippen LogP contribution in [0.5, 0.6) is 0 Å². The Morgan fingerprint density at radius 2 is 1.06 bits per heavy atom. The van der Waals surface area contributed by atoms with E-state index in [1.165, 1.54) is 0 Å². The molecule has 4 aromatic rings. The molecular formula is C43H54N2O5Si. The SMILES string of the molecule is CCC(C)[Si](OC(=O)[C@H](Cc1ccccc1)NC(=O)[C@H](Cc1ccccc1)NC(=O)OCc1ccccc1)(C(C)CC)C(C)(C)c1ccccc1. The van der Waals surface area contributed by atoms with Gasteiger partial charge < -0.3 is 19.8 Å². The Labute approximate surface area is 305 Å². The standard InChI is InChI=1S/C43H54N2O5Si/c1-7-32(3)51(33(4)8-2,43(5,6)37-27-19-12-20-28-37)50-41(47)39(30-35-23-15-10-16-24-35)44-40(46)38(29-34-21-13-9-14-22-34)45-42(48)49-31-36-25-17-11-18-26-36/h9-28,32-33,38-39H,7-8,29-31H2,1-6H3,(H,44,46)(H,45,48)/t32?,33?,38-,39-,51?/m0/s1. The predicted molar refractivity (Wildman–Crippen MR) is 207 cm³/mol.